The van der Waals surface area contributed by atoms with Gasteiger partial charge in [0, 0.05) is 12.2 Å². The molecule has 0 saturated carbocycles. The lowest BCUT2D eigenvalue weighted by Gasteiger charge is -2.10. The Morgan fingerprint density at radius 2 is 1.83 bits per heavy atom. The molecule has 0 aliphatic carbocycles. The summed E-state index contributed by atoms with van der Waals surface area (Å²) in [5.41, 5.74) is 3.41. The first-order chi connectivity index (χ1) is 8.65. The van der Waals surface area contributed by atoms with Gasteiger partial charge < -0.3 is 14.0 Å². The molecule has 0 bridgehead atoms. The van der Waals surface area contributed by atoms with Crippen LogP contribution in [0, 0.1) is 13.8 Å². The monoisotopic (exact) mass is 246 g/mol. The van der Waals surface area contributed by atoms with Gasteiger partial charge in [0.15, 0.2) is 11.5 Å². The highest BCUT2D eigenvalue weighted by atomic mass is 16.5. The number of hydrogen-bond donors (Lipinski definition) is 0. The number of methoxy groups -OCH3 is 2. The van der Waals surface area contributed by atoms with Crippen molar-refractivity contribution in [2.75, 3.05) is 14.2 Å². The summed E-state index contributed by atoms with van der Waals surface area (Å²) in [6.45, 7) is 4.87. The number of imidazole rings is 1. The predicted octanol–water partition coefficient (Wildman–Crippen LogP) is 2.57. The normalized spacial score (nSPS) is 10.4. The van der Waals surface area contributed by atoms with Crippen LogP contribution in [0.1, 0.15) is 17.0 Å². The molecule has 0 atom stereocenters. The van der Waals surface area contributed by atoms with Gasteiger partial charge >= 0.3 is 0 Å². The zero-order valence-corrected chi connectivity index (χ0v) is 11.2. The predicted molar refractivity (Wildman–Crippen MR) is 70.3 cm³/mol. The fourth-order valence-corrected chi connectivity index (χ4v) is 1.88. The Bertz CT molecular complexity index is 547. The van der Waals surface area contributed by atoms with Crippen LogP contribution >= 0.6 is 0 Å². The van der Waals surface area contributed by atoms with E-state index < -0.39 is 0 Å². The second-order valence-electron chi connectivity index (χ2n) is 4.23. The van der Waals surface area contributed by atoms with Crippen LogP contribution in [-0.4, -0.2) is 23.8 Å². The minimum Gasteiger partial charge on any atom is -0.493 e. The Kier molecular flexibility index (Phi) is 3.55. The molecule has 0 unspecified atom stereocenters. The first-order valence-corrected chi connectivity index (χ1v) is 5.85. The Morgan fingerprint density at radius 3 is 2.39 bits per heavy atom. The molecular formula is C14H18N2O2. The van der Waals surface area contributed by atoms with Crippen molar-refractivity contribution in [1.29, 1.82) is 0 Å². The average Bonchev–Trinajstić information content (AvgIpc) is 2.70. The Hall–Kier alpha value is -1.97. The zero-order chi connectivity index (χ0) is 13.1. The second-order valence-corrected chi connectivity index (χ2v) is 4.23. The summed E-state index contributed by atoms with van der Waals surface area (Å²) in [5, 5.41) is 0. The first-order valence-electron chi connectivity index (χ1n) is 5.85. The molecule has 18 heavy (non-hydrogen) atoms. The lowest BCUT2D eigenvalue weighted by Crippen LogP contribution is -2.01. The molecule has 1 aromatic heterocycles. The molecular weight excluding hydrogens is 228 g/mol. The van der Waals surface area contributed by atoms with Crippen molar-refractivity contribution in [3.63, 3.8) is 0 Å². The van der Waals surface area contributed by atoms with Gasteiger partial charge in [0.2, 0.25) is 0 Å². The maximum Gasteiger partial charge on any atom is 0.161 e. The van der Waals surface area contributed by atoms with Gasteiger partial charge in [-0.15, -0.1) is 0 Å². The highest BCUT2D eigenvalue weighted by Gasteiger charge is 2.07. The van der Waals surface area contributed by atoms with E-state index in [-0.39, 0.29) is 0 Å². The molecule has 96 valence electrons. The van der Waals surface area contributed by atoms with Gasteiger partial charge in [0.05, 0.1) is 26.2 Å². The quantitative estimate of drug-likeness (QED) is 0.832. The summed E-state index contributed by atoms with van der Waals surface area (Å²) >= 11 is 0. The number of hydrogen-bond acceptors (Lipinski definition) is 3. The molecule has 0 amide bonds. The minimum atomic E-state index is 0.750. The maximum atomic E-state index is 5.30. The lowest BCUT2D eigenvalue weighted by atomic mass is 10.2. The van der Waals surface area contributed by atoms with E-state index in [4.69, 9.17) is 9.47 Å². The highest BCUT2D eigenvalue weighted by Crippen LogP contribution is 2.28. The molecule has 1 heterocycles. The fourth-order valence-electron chi connectivity index (χ4n) is 1.88. The van der Waals surface area contributed by atoms with Crippen LogP contribution in [0.4, 0.5) is 0 Å². The molecule has 0 saturated heterocycles. The number of nitrogens with zero attached hydrogens (tertiary/aromatic N) is 2. The third-order valence-electron chi connectivity index (χ3n) is 3.15. The van der Waals surface area contributed by atoms with Gasteiger partial charge in [-0.1, -0.05) is 6.07 Å². The summed E-state index contributed by atoms with van der Waals surface area (Å²) in [5.74, 6) is 1.50. The molecule has 0 aliphatic rings. The van der Waals surface area contributed by atoms with E-state index in [0.29, 0.717) is 0 Å². The standard InChI is InChI=1S/C14H18N2O2/c1-10-11(2)16(9-15-10)8-12-5-6-13(17-3)14(7-12)18-4/h5-7,9H,8H2,1-4H3. The van der Waals surface area contributed by atoms with Gasteiger partial charge in [-0.3, -0.25) is 0 Å². The molecule has 0 fully saturated rings. The Balaban J connectivity index is 2.27. The zero-order valence-electron chi connectivity index (χ0n) is 11.2. The summed E-state index contributed by atoms with van der Waals surface area (Å²) in [6.07, 6.45) is 1.86. The Morgan fingerprint density at radius 1 is 1.11 bits per heavy atom. The summed E-state index contributed by atoms with van der Waals surface area (Å²) in [6, 6.07) is 5.96. The van der Waals surface area contributed by atoms with E-state index in [1.807, 2.05) is 31.5 Å². The van der Waals surface area contributed by atoms with Crippen LogP contribution in [0.3, 0.4) is 0 Å². The Labute approximate surface area is 107 Å². The van der Waals surface area contributed by atoms with Crippen LogP contribution < -0.4 is 9.47 Å². The van der Waals surface area contributed by atoms with Crippen LogP contribution in [0.15, 0.2) is 24.5 Å². The van der Waals surface area contributed by atoms with E-state index in [1.165, 1.54) is 5.69 Å². The lowest BCUT2D eigenvalue weighted by molar-refractivity contribution is 0.354. The van der Waals surface area contributed by atoms with Crippen molar-refractivity contribution in [2.45, 2.75) is 20.4 Å². The number of aryl methyl sites for hydroxylation is 1. The van der Waals surface area contributed by atoms with Crippen molar-refractivity contribution in [3.8, 4) is 11.5 Å². The van der Waals surface area contributed by atoms with Crippen LogP contribution in [0.2, 0.25) is 0 Å². The van der Waals surface area contributed by atoms with E-state index in [2.05, 4.69) is 16.5 Å². The van der Waals surface area contributed by atoms with Crippen LogP contribution in [0.5, 0.6) is 11.5 Å². The molecule has 0 spiro atoms. The third kappa shape index (κ3) is 2.32. The minimum absolute atomic E-state index is 0.750. The fraction of sp³-hybridized carbons (Fsp3) is 0.357. The molecule has 4 nitrogen and oxygen atoms in total. The van der Waals surface area contributed by atoms with Gasteiger partial charge in [0.1, 0.15) is 0 Å². The highest BCUT2D eigenvalue weighted by molar-refractivity contribution is 5.43. The van der Waals surface area contributed by atoms with Crippen molar-refractivity contribution in [2.24, 2.45) is 0 Å². The van der Waals surface area contributed by atoms with Crippen molar-refractivity contribution in [3.05, 3.63) is 41.5 Å². The van der Waals surface area contributed by atoms with E-state index >= 15 is 0 Å². The number of aromatic nitrogens is 2. The smallest absolute Gasteiger partial charge is 0.161 e. The summed E-state index contributed by atoms with van der Waals surface area (Å²) in [7, 11) is 3.29. The topological polar surface area (TPSA) is 36.3 Å². The SMILES string of the molecule is COc1ccc(Cn2cnc(C)c2C)cc1OC. The molecule has 4 heteroatoms. The molecule has 2 aromatic rings. The second kappa shape index (κ2) is 5.12. The van der Waals surface area contributed by atoms with Gasteiger partial charge in [-0.2, -0.15) is 0 Å². The largest absolute Gasteiger partial charge is 0.493 e. The maximum absolute atomic E-state index is 5.30. The van der Waals surface area contributed by atoms with E-state index in [0.717, 1.165) is 29.3 Å². The van der Waals surface area contributed by atoms with Crippen molar-refractivity contribution >= 4 is 0 Å². The van der Waals surface area contributed by atoms with Gasteiger partial charge in [0.25, 0.3) is 0 Å². The summed E-state index contributed by atoms with van der Waals surface area (Å²) in [4.78, 5) is 4.30. The number of rotatable bonds is 4. The molecule has 0 radical (unpaired) electrons. The van der Waals surface area contributed by atoms with Crippen LogP contribution in [0.25, 0.3) is 0 Å². The van der Waals surface area contributed by atoms with Crippen molar-refractivity contribution < 1.29 is 9.47 Å². The van der Waals surface area contributed by atoms with Gasteiger partial charge in [-0.05, 0) is 31.5 Å². The molecule has 2 rings (SSSR count). The number of benzene rings is 1. The molecule has 0 aliphatic heterocycles. The summed E-state index contributed by atoms with van der Waals surface area (Å²) < 4.78 is 12.6. The molecule has 1 aromatic carbocycles. The first kappa shape index (κ1) is 12.5. The number of ether oxygens (including phenoxy) is 2. The average molecular weight is 246 g/mol. The van der Waals surface area contributed by atoms with E-state index in [1.54, 1.807) is 14.2 Å². The van der Waals surface area contributed by atoms with Gasteiger partial charge in [-0.25, -0.2) is 4.98 Å². The third-order valence-corrected chi connectivity index (χ3v) is 3.15. The molecule has 0 N–H and O–H groups in total. The van der Waals surface area contributed by atoms with Crippen LogP contribution in [-0.2, 0) is 6.54 Å². The van der Waals surface area contributed by atoms with E-state index in [9.17, 15) is 0 Å². The van der Waals surface area contributed by atoms with Crippen molar-refractivity contribution in [1.82, 2.24) is 9.55 Å².